The number of aryl methyl sites for hydroxylation is 2. The molecule has 0 bridgehead atoms. The molecule has 0 unspecified atom stereocenters. The molecule has 0 aliphatic heterocycles. The van der Waals surface area contributed by atoms with Gasteiger partial charge in [0.05, 0.1) is 17.9 Å². The maximum absolute atomic E-state index is 12.2. The van der Waals surface area contributed by atoms with Crippen molar-refractivity contribution in [2.24, 2.45) is 5.92 Å². The molecular formula is C19H26N4O. The molecule has 0 radical (unpaired) electrons. The fourth-order valence-corrected chi connectivity index (χ4v) is 2.94. The van der Waals surface area contributed by atoms with Crippen LogP contribution < -0.4 is 5.32 Å². The van der Waals surface area contributed by atoms with Crippen molar-refractivity contribution < 1.29 is 4.79 Å². The molecule has 2 amide bonds. The lowest BCUT2D eigenvalue weighted by Gasteiger charge is -2.18. The molecule has 3 rings (SSSR count). The maximum atomic E-state index is 12.2. The van der Waals surface area contributed by atoms with E-state index in [-0.39, 0.29) is 6.03 Å². The van der Waals surface area contributed by atoms with E-state index in [2.05, 4.69) is 31.3 Å². The van der Waals surface area contributed by atoms with E-state index in [0.29, 0.717) is 12.5 Å². The molecule has 0 atom stereocenters. The summed E-state index contributed by atoms with van der Waals surface area (Å²) >= 11 is 0. The first-order valence-corrected chi connectivity index (χ1v) is 8.57. The Morgan fingerprint density at radius 1 is 1.29 bits per heavy atom. The number of rotatable bonds is 5. The first kappa shape index (κ1) is 16.6. The third-order valence-electron chi connectivity index (χ3n) is 4.77. The monoisotopic (exact) mass is 326 g/mol. The van der Waals surface area contributed by atoms with Crippen LogP contribution in [0.25, 0.3) is 5.69 Å². The topological polar surface area (TPSA) is 50.2 Å². The lowest BCUT2D eigenvalue weighted by atomic mass is 10.1. The molecule has 5 nitrogen and oxygen atoms in total. The van der Waals surface area contributed by atoms with Crippen LogP contribution in [0, 0.1) is 26.7 Å². The highest BCUT2D eigenvalue weighted by Crippen LogP contribution is 2.27. The van der Waals surface area contributed by atoms with Gasteiger partial charge in [-0.3, -0.25) is 0 Å². The van der Waals surface area contributed by atoms with Crippen molar-refractivity contribution in [3.8, 4) is 5.69 Å². The van der Waals surface area contributed by atoms with Gasteiger partial charge in [0.1, 0.15) is 0 Å². The molecule has 1 saturated carbocycles. The van der Waals surface area contributed by atoms with Gasteiger partial charge in [-0.05, 0) is 51.2 Å². The number of para-hydroxylation sites is 1. The van der Waals surface area contributed by atoms with E-state index in [9.17, 15) is 4.79 Å². The second kappa shape index (κ2) is 6.67. The molecule has 24 heavy (non-hydrogen) atoms. The molecule has 1 fully saturated rings. The van der Waals surface area contributed by atoms with Crippen LogP contribution >= 0.6 is 0 Å². The van der Waals surface area contributed by atoms with Crippen molar-refractivity contribution in [2.45, 2.75) is 40.2 Å². The zero-order chi connectivity index (χ0) is 17.3. The molecule has 128 valence electrons. The minimum Gasteiger partial charge on any atom is -0.338 e. The Bertz CT molecular complexity index is 746. The van der Waals surface area contributed by atoms with Gasteiger partial charge in [0.15, 0.2) is 0 Å². The first-order chi connectivity index (χ1) is 11.5. The van der Waals surface area contributed by atoms with E-state index in [1.807, 2.05) is 30.8 Å². The summed E-state index contributed by atoms with van der Waals surface area (Å²) in [6.07, 6.45) is 2.48. The summed E-state index contributed by atoms with van der Waals surface area (Å²) in [5.41, 5.74) is 5.44. The largest absolute Gasteiger partial charge is 0.338 e. The van der Waals surface area contributed by atoms with Crippen molar-refractivity contribution >= 4 is 6.03 Å². The summed E-state index contributed by atoms with van der Waals surface area (Å²) in [6, 6.07) is 8.21. The number of hydrogen-bond donors (Lipinski definition) is 1. The molecule has 0 saturated heterocycles. The van der Waals surface area contributed by atoms with E-state index in [1.165, 1.54) is 18.4 Å². The molecule has 0 spiro atoms. The molecule has 2 aromatic rings. The highest BCUT2D eigenvalue weighted by Gasteiger charge is 2.23. The van der Waals surface area contributed by atoms with Crippen LogP contribution in [-0.2, 0) is 6.54 Å². The van der Waals surface area contributed by atoms with Gasteiger partial charge in [-0.2, -0.15) is 5.10 Å². The number of nitrogens with zero attached hydrogens (tertiary/aromatic N) is 3. The lowest BCUT2D eigenvalue weighted by Crippen LogP contribution is -2.38. The van der Waals surface area contributed by atoms with Crippen LogP contribution in [0.4, 0.5) is 4.79 Å². The highest BCUT2D eigenvalue weighted by atomic mass is 16.2. The zero-order valence-electron chi connectivity index (χ0n) is 15.0. The standard InChI is InChI=1S/C19H26N4O/c1-13-7-5-6-8-18(13)23-15(3)17(14(2)21-23)12-22(4)19(24)20-11-16-9-10-16/h5-8,16H,9-12H2,1-4H3,(H,20,24). The van der Waals surface area contributed by atoms with Gasteiger partial charge >= 0.3 is 6.03 Å². The van der Waals surface area contributed by atoms with E-state index >= 15 is 0 Å². The van der Waals surface area contributed by atoms with Gasteiger partial charge < -0.3 is 10.2 Å². The Morgan fingerprint density at radius 2 is 2.00 bits per heavy atom. The number of carbonyl (C=O) groups excluding carboxylic acids is 1. The number of carbonyl (C=O) groups is 1. The number of amides is 2. The summed E-state index contributed by atoms with van der Waals surface area (Å²) in [6.45, 7) is 7.53. The smallest absolute Gasteiger partial charge is 0.317 e. The number of hydrogen-bond acceptors (Lipinski definition) is 2. The Kier molecular flexibility index (Phi) is 4.60. The van der Waals surface area contributed by atoms with Crippen molar-refractivity contribution in [2.75, 3.05) is 13.6 Å². The van der Waals surface area contributed by atoms with E-state index in [0.717, 1.165) is 29.2 Å². The van der Waals surface area contributed by atoms with E-state index in [4.69, 9.17) is 5.10 Å². The van der Waals surface area contributed by atoms with Crippen molar-refractivity contribution in [3.63, 3.8) is 0 Å². The van der Waals surface area contributed by atoms with Crippen LogP contribution in [0.1, 0.15) is 35.4 Å². The van der Waals surface area contributed by atoms with E-state index < -0.39 is 0 Å². The maximum Gasteiger partial charge on any atom is 0.317 e. The summed E-state index contributed by atoms with van der Waals surface area (Å²) in [5.74, 6) is 0.689. The number of nitrogens with one attached hydrogen (secondary N) is 1. The minimum absolute atomic E-state index is 0.00987. The van der Waals surface area contributed by atoms with Gasteiger partial charge in [-0.1, -0.05) is 18.2 Å². The fourth-order valence-electron chi connectivity index (χ4n) is 2.94. The van der Waals surface area contributed by atoms with Crippen molar-refractivity contribution in [3.05, 3.63) is 46.8 Å². The SMILES string of the molecule is Cc1ccccc1-n1nc(C)c(CN(C)C(=O)NCC2CC2)c1C. The van der Waals surface area contributed by atoms with Crippen LogP contribution in [0.2, 0.25) is 0 Å². The average Bonchev–Trinajstić information content (AvgIpc) is 3.35. The molecule has 1 aromatic carbocycles. The van der Waals surface area contributed by atoms with Crippen LogP contribution in [0.5, 0.6) is 0 Å². The Morgan fingerprint density at radius 3 is 2.67 bits per heavy atom. The van der Waals surface area contributed by atoms with Gasteiger partial charge in [0.2, 0.25) is 0 Å². The molecule has 1 aliphatic rings. The van der Waals surface area contributed by atoms with Gasteiger partial charge in [0.25, 0.3) is 0 Å². The van der Waals surface area contributed by atoms with E-state index in [1.54, 1.807) is 4.90 Å². The van der Waals surface area contributed by atoms with Crippen LogP contribution in [-0.4, -0.2) is 34.3 Å². The van der Waals surface area contributed by atoms with Crippen LogP contribution in [0.15, 0.2) is 24.3 Å². The zero-order valence-corrected chi connectivity index (χ0v) is 15.0. The summed E-state index contributed by atoms with van der Waals surface area (Å²) in [7, 11) is 1.84. The second-order valence-corrected chi connectivity index (χ2v) is 6.83. The van der Waals surface area contributed by atoms with Crippen molar-refractivity contribution in [1.82, 2.24) is 20.0 Å². The van der Waals surface area contributed by atoms with Gasteiger partial charge in [0, 0.05) is 24.8 Å². The molecule has 1 heterocycles. The Labute approximate surface area is 143 Å². The third kappa shape index (κ3) is 3.45. The average molecular weight is 326 g/mol. The fraction of sp³-hybridized carbons (Fsp3) is 0.474. The molecule has 1 aliphatic carbocycles. The summed E-state index contributed by atoms with van der Waals surface area (Å²) in [4.78, 5) is 14.0. The third-order valence-corrected chi connectivity index (χ3v) is 4.77. The predicted molar refractivity (Wildman–Crippen MR) is 95.4 cm³/mol. The quantitative estimate of drug-likeness (QED) is 0.916. The Hall–Kier alpha value is -2.30. The van der Waals surface area contributed by atoms with Crippen molar-refractivity contribution in [1.29, 1.82) is 0 Å². The van der Waals surface area contributed by atoms with Gasteiger partial charge in [-0.25, -0.2) is 9.48 Å². The Balaban J connectivity index is 1.76. The highest BCUT2D eigenvalue weighted by molar-refractivity contribution is 5.74. The van der Waals surface area contributed by atoms with Crippen LogP contribution in [0.3, 0.4) is 0 Å². The summed E-state index contributed by atoms with van der Waals surface area (Å²) in [5, 5.41) is 7.71. The van der Waals surface area contributed by atoms with Gasteiger partial charge in [-0.15, -0.1) is 0 Å². The normalized spacial score (nSPS) is 13.8. The second-order valence-electron chi connectivity index (χ2n) is 6.83. The predicted octanol–water partition coefficient (Wildman–Crippen LogP) is 3.35. The summed E-state index contributed by atoms with van der Waals surface area (Å²) < 4.78 is 1.98. The minimum atomic E-state index is -0.00987. The number of benzene rings is 1. The first-order valence-electron chi connectivity index (χ1n) is 8.57. The molecular weight excluding hydrogens is 300 g/mol. The number of aromatic nitrogens is 2. The molecule has 1 aromatic heterocycles. The number of urea groups is 1. The molecule has 5 heteroatoms. The lowest BCUT2D eigenvalue weighted by molar-refractivity contribution is 0.206. The molecule has 1 N–H and O–H groups in total.